The molecule has 5 nitrogen and oxygen atoms in total. The van der Waals surface area contributed by atoms with Crippen molar-refractivity contribution in [3.8, 4) is 0 Å². The second-order valence-corrected chi connectivity index (χ2v) is 7.78. The number of rotatable bonds is 4. The Kier molecular flexibility index (Phi) is 6.32. The summed E-state index contributed by atoms with van der Waals surface area (Å²) in [5, 5.41) is 2.62. The van der Waals surface area contributed by atoms with Crippen LogP contribution in [0.25, 0.3) is 0 Å². The van der Waals surface area contributed by atoms with Gasteiger partial charge < -0.3 is 14.8 Å². The molecule has 1 atom stereocenters. The second kappa shape index (κ2) is 7.28. The van der Waals surface area contributed by atoms with Gasteiger partial charge in [-0.25, -0.2) is 9.59 Å². The number of alkyl carbamates (subject to hydrolysis) is 1. The SMILES string of the molecule is CCOC(=O)C(NC(=O)OC(C)(C)C)C1SCCS1. The monoisotopic (exact) mass is 307 g/mol. The molecule has 1 heterocycles. The van der Waals surface area contributed by atoms with Crippen molar-refractivity contribution in [2.45, 2.75) is 43.9 Å². The van der Waals surface area contributed by atoms with Crippen molar-refractivity contribution in [3.63, 3.8) is 0 Å². The van der Waals surface area contributed by atoms with Crippen molar-refractivity contribution >= 4 is 35.6 Å². The second-order valence-electron chi connectivity index (χ2n) is 4.99. The molecule has 0 aliphatic carbocycles. The number of hydrogen-bond donors (Lipinski definition) is 1. The molecule has 0 aromatic carbocycles. The molecule has 7 heteroatoms. The molecule has 1 aliphatic rings. The largest absolute Gasteiger partial charge is 0.464 e. The Labute approximate surface area is 122 Å². The Balaban J connectivity index is 2.63. The summed E-state index contributed by atoms with van der Waals surface area (Å²) >= 11 is 3.31. The van der Waals surface area contributed by atoms with Gasteiger partial charge in [0.15, 0.2) is 6.04 Å². The number of amides is 1. The molecule has 1 saturated heterocycles. The Morgan fingerprint density at radius 3 is 2.37 bits per heavy atom. The third-order valence-electron chi connectivity index (χ3n) is 2.13. The van der Waals surface area contributed by atoms with E-state index in [1.54, 1.807) is 51.2 Å². The molecule has 0 aromatic rings. The van der Waals surface area contributed by atoms with E-state index in [1.165, 1.54) is 0 Å². The van der Waals surface area contributed by atoms with Gasteiger partial charge in [0, 0.05) is 11.5 Å². The summed E-state index contributed by atoms with van der Waals surface area (Å²) in [5.74, 6) is 1.54. The minimum atomic E-state index is -0.660. The van der Waals surface area contributed by atoms with Crippen LogP contribution in [0.4, 0.5) is 4.79 Å². The smallest absolute Gasteiger partial charge is 0.408 e. The number of carbonyl (C=O) groups excluding carboxylic acids is 2. The zero-order valence-corrected chi connectivity index (χ0v) is 13.4. The number of ether oxygens (including phenoxy) is 2. The topological polar surface area (TPSA) is 64.6 Å². The fourth-order valence-electron chi connectivity index (χ4n) is 1.47. The molecule has 0 aromatic heterocycles. The van der Waals surface area contributed by atoms with E-state index in [1.807, 2.05) is 0 Å². The van der Waals surface area contributed by atoms with Gasteiger partial charge in [-0.3, -0.25) is 0 Å². The fourth-order valence-corrected chi connectivity index (χ4v) is 4.41. The standard InChI is InChI=1S/C12H21NO4S2/c1-5-16-9(14)8(10-18-6-7-19-10)13-11(15)17-12(2,3)4/h8,10H,5-7H2,1-4H3,(H,13,15). The first-order valence-corrected chi connectivity index (χ1v) is 8.32. The molecule has 0 radical (unpaired) electrons. The van der Waals surface area contributed by atoms with E-state index in [0.717, 1.165) is 11.5 Å². The van der Waals surface area contributed by atoms with Crippen molar-refractivity contribution in [2.75, 3.05) is 18.1 Å². The van der Waals surface area contributed by atoms with Crippen LogP contribution in [-0.4, -0.2) is 46.4 Å². The highest BCUT2D eigenvalue weighted by Crippen LogP contribution is 2.34. The van der Waals surface area contributed by atoms with E-state index in [-0.39, 0.29) is 4.58 Å². The Bertz CT molecular complexity index is 324. The number of nitrogens with one attached hydrogen (secondary N) is 1. The van der Waals surface area contributed by atoms with Crippen LogP contribution in [0.1, 0.15) is 27.7 Å². The van der Waals surface area contributed by atoms with Crippen molar-refractivity contribution in [3.05, 3.63) is 0 Å². The quantitative estimate of drug-likeness (QED) is 0.804. The van der Waals surface area contributed by atoms with Gasteiger partial charge in [-0.15, -0.1) is 23.5 Å². The van der Waals surface area contributed by atoms with Gasteiger partial charge in [-0.05, 0) is 27.7 Å². The van der Waals surface area contributed by atoms with Crippen LogP contribution in [0.5, 0.6) is 0 Å². The predicted octanol–water partition coefficient (Wildman–Crippen LogP) is 2.25. The third kappa shape index (κ3) is 5.95. The molecule has 110 valence electrons. The summed E-state index contributed by atoms with van der Waals surface area (Å²) in [6.45, 7) is 7.39. The van der Waals surface area contributed by atoms with E-state index >= 15 is 0 Å². The summed E-state index contributed by atoms with van der Waals surface area (Å²) < 4.78 is 10.2. The molecule has 1 aliphatic heterocycles. The first-order chi connectivity index (χ1) is 8.83. The molecule has 0 spiro atoms. The zero-order valence-electron chi connectivity index (χ0n) is 11.7. The van der Waals surface area contributed by atoms with Gasteiger partial charge in [0.2, 0.25) is 0 Å². The molecule has 1 N–H and O–H groups in total. The molecule has 1 fully saturated rings. The summed E-state index contributed by atoms with van der Waals surface area (Å²) in [7, 11) is 0. The van der Waals surface area contributed by atoms with Crippen LogP contribution in [0.3, 0.4) is 0 Å². The number of esters is 1. The van der Waals surface area contributed by atoms with Crippen molar-refractivity contribution < 1.29 is 19.1 Å². The summed E-state index contributed by atoms with van der Waals surface area (Å²) in [5.41, 5.74) is -0.584. The molecular weight excluding hydrogens is 286 g/mol. The van der Waals surface area contributed by atoms with Crippen LogP contribution in [0.2, 0.25) is 0 Å². The molecule has 0 bridgehead atoms. The number of hydrogen-bond acceptors (Lipinski definition) is 6. The minimum absolute atomic E-state index is 0.00781. The van der Waals surface area contributed by atoms with Gasteiger partial charge >= 0.3 is 12.1 Å². The highest BCUT2D eigenvalue weighted by Gasteiger charge is 2.35. The summed E-state index contributed by atoms with van der Waals surface area (Å²) in [6, 6.07) is -0.660. The Hall–Kier alpha value is -0.560. The molecule has 0 saturated carbocycles. The van der Waals surface area contributed by atoms with Gasteiger partial charge in [-0.2, -0.15) is 0 Å². The lowest BCUT2D eigenvalue weighted by atomic mass is 10.2. The predicted molar refractivity (Wildman–Crippen MR) is 78.5 cm³/mol. The Morgan fingerprint density at radius 1 is 1.32 bits per heavy atom. The van der Waals surface area contributed by atoms with E-state index in [4.69, 9.17) is 9.47 Å². The molecular formula is C12H21NO4S2. The first kappa shape index (κ1) is 16.5. The molecule has 1 rings (SSSR count). The van der Waals surface area contributed by atoms with Crippen molar-refractivity contribution in [1.82, 2.24) is 5.32 Å². The normalized spacial score (nSPS) is 17.9. The fraction of sp³-hybridized carbons (Fsp3) is 0.833. The maximum Gasteiger partial charge on any atom is 0.408 e. The lowest BCUT2D eigenvalue weighted by Crippen LogP contribution is -2.48. The third-order valence-corrected chi connectivity index (χ3v) is 5.29. The van der Waals surface area contributed by atoms with Gasteiger partial charge in [-0.1, -0.05) is 0 Å². The highest BCUT2D eigenvalue weighted by atomic mass is 32.2. The van der Waals surface area contributed by atoms with Gasteiger partial charge in [0.05, 0.1) is 11.2 Å². The lowest BCUT2D eigenvalue weighted by molar-refractivity contribution is -0.145. The van der Waals surface area contributed by atoms with Crippen LogP contribution in [0.15, 0.2) is 0 Å². The highest BCUT2D eigenvalue weighted by molar-refractivity contribution is 8.20. The maximum atomic E-state index is 11.9. The molecule has 1 unspecified atom stereocenters. The number of carbonyl (C=O) groups is 2. The van der Waals surface area contributed by atoms with Crippen LogP contribution in [0, 0.1) is 0 Å². The van der Waals surface area contributed by atoms with Crippen molar-refractivity contribution in [1.29, 1.82) is 0 Å². The van der Waals surface area contributed by atoms with E-state index in [0.29, 0.717) is 6.61 Å². The van der Waals surface area contributed by atoms with E-state index in [9.17, 15) is 9.59 Å². The lowest BCUT2D eigenvalue weighted by Gasteiger charge is -2.25. The average Bonchev–Trinajstić information content (AvgIpc) is 2.76. The first-order valence-electron chi connectivity index (χ1n) is 6.23. The van der Waals surface area contributed by atoms with Crippen molar-refractivity contribution in [2.24, 2.45) is 0 Å². The van der Waals surface area contributed by atoms with Crippen LogP contribution in [-0.2, 0) is 14.3 Å². The molecule has 19 heavy (non-hydrogen) atoms. The van der Waals surface area contributed by atoms with Gasteiger partial charge in [0.1, 0.15) is 5.60 Å². The number of thioether (sulfide) groups is 2. The Morgan fingerprint density at radius 2 is 1.89 bits per heavy atom. The summed E-state index contributed by atoms with van der Waals surface area (Å²) in [4.78, 5) is 23.7. The minimum Gasteiger partial charge on any atom is -0.464 e. The van der Waals surface area contributed by atoms with Gasteiger partial charge in [0.25, 0.3) is 0 Å². The van der Waals surface area contributed by atoms with Crippen LogP contribution >= 0.6 is 23.5 Å². The van der Waals surface area contributed by atoms with Crippen LogP contribution < -0.4 is 5.32 Å². The maximum absolute atomic E-state index is 11.9. The summed E-state index contributed by atoms with van der Waals surface area (Å²) in [6.07, 6.45) is -0.585. The zero-order chi connectivity index (χ0) is 14.5. The van der Waals surface area contributed by atoms with E-state index < -0.39 is 23.7 Å². The van der Waals surface area contributed by atoms with E-state index in [2.05, 4.69) is 5.32 Å². The average molecular weight is 307 g/mol. The molecule has 1 amide bonds.